The van der Waals surface area contributed by atoms with Crippen molar-refractivity contribution in [1.82, 2.24) is 5.06 Å². The van der Waals surface area contributed by atoms with E-state index >= 15 is 0 Å². The number of hydroxylamine groups is 2. The Balaban J connectivity index is 3.03. The number of nitrogens with two attached hydrogens (primary N) is 1. The van der Waals surface area contributed by atoms with Crippen molar-refractivity contribution >= 4 is 0 Å². The molecule has 0 bridgehead atoms. The molecule has 70 valence electrons. The molecule has 0 amide bonds. The fourth-order valence-corrected chi connectivity index (χ4v) is 1.83. The summed E-state index contributed by atoms with van der Waals surface area (Å²) in [7, 11) is 0. The van der Waals surface area contributed by atoms with Crippen molar-refractivity contribution in [1.29, 1.82) is 0 Å². The van der Waals surface area contributed by atoms with Crippen LogP contribution in [0.5, 0.6) is 0 Å². The predicted octanol–water partition coefficient (Wildman–Crippen LogP) is 1.13. The van der Waals surface area contributed by atoms with Gasteiger partial charge in [-0.3, -0.25) is 0 Å². The quantitative estimate of drug-likeness (QED) is 0.580. The van der Waals surface area contributed by atoms with Gasteiger partial charge in [-0.25, -0.2) is 0 Å². The highest BCUT2D eigenvalue weighted by molar-refractivity contribution is 5.30. The zero-order valence-electron chi connectivity index (χ0n) is 8.26. The fraction of sp³-hybridized carbons (Fsp3) is 0.778. The maximum Gasteiger partial charge on any atom is 0.0635 e. The van der Waals surface area contributed by atoms with E-state index in [4.69, 9.17) is 5.73 Å². The second kappa shape index (κ2) is 2.55. The minimum absolute atomic E-state index is 0.293. The van der Waals surface area contributed by atoms with Crippen molar-refractivity contribution in [3.8, 4) is 0 Å². The molecule has 0 spiro atoms. The molecular formula is C9H18N2O. The molecule has 0 aromatic rings. The van der Waals surface area contributed by atoms with Crippen LogP contribution in [-0.2, 0) is 0 Å². The zero-order valence-corrected chi connectivity index (χ0v) is 8.26. The highest BCUT2D eigenvalue weighted by atomic mass is 16.5. The van der Waals surface area contributed by atoms with E-state index < -0.39 is 0 Å². The average molecular weight is 170 g/mol. The second-order valence-electron chi connectivity index (χ2n) is 4.40. The molecule has 1 rings (SSSR count). The van der Waals surface area contributed by atoms with Crippen LogP contribution in [0.2, 0.25) is 0 Å². The summed E-state index contributed by atoms with van der Waals surface area (Å²) < 4.78 is 0. The molecule has 0 saturated heterocycles. The first-order chi connectivity index (χ1) is 5.32. The summed E-state index contributed by atoms with van der Waals surface area (Å²) in [4.78, 5) is 0. The lowest BCUT2D eigenvalue weighted by Crippen LogP contribution is -2.48. The monoisotopic (exact) mass is 170 g/mol. The summed E-state index contributed by atoms with van der Waals surface area (Å²) in [5.41, 5.74) is 6.06. The van der Waals surface area contributed by atoms with Crippen molar-refractivity contribution in [2.75, 3.05) is 6.54 Å². The minimum Gasteiger partial charge on any atom is -0.327 e. The van der Waals surface area contributed by atoms with Gasteiger partial charge in [-0.2, -0.15) is 5.06 Å². The van der Waals surface area contributed by atoms with Crippen LogP contribution in [0, 0.1) is 0 Å². The van der Waals surface area contributed by atoms with Crippen LogP contribution in [0.4, 0.5) is 0 Å². The van der Waals surface area contributed by atoms with E-state index in [0.717, 1.165) is 5.57 Å². The third-order valence-corrected chi connectivity index (χ3v) is 2.61. The first-order valence-corrected chi connectivity index (χ1v) is 4.24. The average Bonchev–Trinajstić information content (AvgIpc) is 2.11. The molecule has 1 heterocycles. The van der Waals surface area contributed by atoms with Gasteiger partial charge in [0.15, 0.2) is 0 Å². The molecule has 3 nitrogen and oxygen atoms in total. The zero-order chi connectivity index (χ0) is 9.57. The molecule has 0 aliphatic carbocycles. The lowest BCUT2D eigenvalue weighted by atomic mass is 9.97. The summed E-state index contributed by atoms with van der Waals surface area (Å²) in [6, 6.07) is 0. The molecule has 1 aliphatic heterocycles. The Morgan fingerprint density at radius 1 is 1.42 bits per heavy atom. The Hall–Kier alpha value is -0.380. The van der Waals surface area contributed by atoms with Crippen molar-refractivity contribution in [2.45, 2.75) is 38.8 Å². The van der Waals surface area contributed by atoms with E-state index in [1.54, 1.807) is 0 Å². The lowest BCUT2D eigenvalue weighted by Gasteiger charge is -2.36. The summed E-state index contributed by atoms with van der Waals surface area (Å²) in [5.74, 6) is 0. The molecule has 0 saturated carbocycles. The fourth-order valence-electron chi connectivity index (χ4n) is 1.83. The summed E-state index contributed by atoms with van der Waals surface area (Å²) in [5, 5.41) is 11.2. The minimum atomic E-state index is -0.321. The lowest BCUT2D eigenvalue weighted by molar-refractivity contribution is -0.185. The normalized spacial score (nSPS) is 27.3. The number of hydrogen-bond donors (Lipinski definition) is 2. The van der Waals surface area contributed by atoms with Crippen molar-refractivity contribution < 1.29 is 5.21 Å². The molecule has 3 N–H and O–H groups in total. The van der Waals surface area contributed by atoms with Gasteiger partial charge in [-0.1, -0.05) is 6.08 Å². The van der Waals surface area contributed by atoms with Crippen molar-refractivity contribution in [3.63, 3.8) is 0 Å². The van der Waals surface area contributed by atoms with E-state index in [1.165, 1.54) is 5.06 Å². The summed E-state index contributed by atoms with van der Waals surface area (Å²) in [6.45, 7) is 8.39. The predicted molar refractivity (Wildman–Crippen MR) is 48.9 cm³/mol. The Morgan fingerprint density at radius 3 is 2.08 bits per heavy atom. The van der Waals surface area contributed by atoms with E-state index in [0.29, 0.717) is 6.54 Å². The van der Waals surface area contributed by atoms with Crippen LogP contribution in [0.1, 0.15) is 27.7 Å². The molecule has 0 aromatic heterocycles. The first kappa shape index (κ1) is 9.71. The number of hydrogen-bond acceptors (Lipinski definition) is 3. The molecule has 0 unspecified atom stereocenters. The third kappa shape index (κ3) is 1.18. The van der Waals surface area contributed by atoms with Crippen LogP contribution in [0.25, 0.3) is 0 Å². The molecule has 0 radical (unpaired) electrons. The highest BCUT2D eigenvalue weighted by Crippen LogP contribution is 2.37. The van der Waals surface area contributed by atoms with Gasteiger partial charge in [0, 0.05) is 6.54 Å². The van der Waals surface area contributed by atoms with Gasteiger partial charge >= 0.3 is 0 Å². The molecule has 3 heteroatoms. The van der Waals surface area contributed by atoms with Gasteiger partial charge in [0.2, 0.25) is 0 Å². The molecule has 0 atom stereocenters. The van der Waals surface area contributed by atoms with Crippen LogP contribution in [-0.4, -0.2) is 27.9 Å². The highest BCUT2D eigenvalue weighted by Gasteiger charge is 2.44. The molecule has 12 heavy (non-hydrogen) atoms. The van der Waals surface area contributed by atoms with Crippen molar-refractivity contribution in [2.24, 2.45) is 5.73 Å². The van der Waals surface area contributed by atoms with Crippen LogP contribution in [0.3, 0.4) is 0 Å². The van der Waals surface area contributed by atoms with Gasteiger partial charge < -0.3 is 10.9 Å². The van der Waals surface area contributed by atoms with Crippen LogP contribution >= 0.6 is 0 Å². The number of nitrogens with zero attached hydrogens (tertiary/aromatic N) is 1. The van der Waals surface area contributed by atoms with Gasteiger partial charge in [0.25, 0.3) is 0 Å². The Labute approximate surface area is 73.8 Å². The van der Waals surface area contributed by atoms with Crippen LogP contribution < -0.4 is 5.73 Å². The first-order valence-electron chi connectivity index (χ1n) is 4.24. The maximum absolute atomic E-state index is 9.81. The third-order valence-electron chi connectivity index (χ3n) is 2.61. The smallest absolute Gasteiger partial charge is 0.0635 e. The maximum atomic E-state index is 9.81. The molecule has 0 fully saturated rings. The van der Waals surface area contributed by atoms with Gasteiger partial charge in [-0.15, -0.1) is 0 Å². The summed E-state index contributed by atoms with van der Waals surface area (Å²) in [6.07, 6.45) is 2.03. The topological polar surface area (TPSA) is 49.5 Å². The van der Waals surface area contributed by atoms with E-state index in [2.05, 4.69) is 0 Å². The van der Waals surface area contributed by atoms with Gasteiger partial charge in [0.05, 0.1) is 11.1 Å². The van der Waals surface area contributed by atoms with E-state index in [1.807, 2.05) is 33.8 Å². The van der Waals surface area contributed by atoms with E-state index in [9.17, 15) is 5.21 Å². The Kier molecular flexibility index (Phi) is 2.07. The van der Waals surface area contributed by atoms with Gasteiger partial charge in [0.1, 0.15) is 0 Å². The van der Waals surface area contributed by atoms with E-state index in [-0.39, 0.29) is 11.1 Å². The van der Waals surface area contributed by atoms with Crippen molar-refractivity contribution in [3.05, 3.63) is 11.6 Å². The largest absolute Gasteiger partial charge is 0.327 e. The van der Waals surface area contributed by atoms with Gasteiger partial charge in [-0.05, 0) is 33.3 Å². The standard InChI is InChI=1S/C9H18N2O/c1-8(2)5-7(6-10)9(3,4)11(8)12/h5,12H,6,10H2,1-4H3. The molecule has 1 aliphatic rings. The SMILES string of the molecule is CC1(C)C=C(CN)C(C)(C)N1O. The molecular weight excluding hydrogens is 152 g/mol. The number of rotatable bonds is 1. The second-order valence-corrected chi connectivity index (χ2v) is 4.40. The molecule has 0 aromatic carbocycles. The van der Waals surface area contributed by atoms with Crippen LogP contribution in [0.15, 0.2) is 11.6 Å². The Bertz CT molecular complexity index is 219. The Morgan fingerprint density at radius 2 is 1.92 bits per heavy atom. The summed E-state index contributed by atoms with van der Waals surface area (Å²) >= 11 is 0.